The van der Waals surface area contributed by atoms with Crippen molar-refractivity contribution >= 4 is 11.6 Å². The first kappa shape index (κ1) is 13.0. The normalized spacial score (nSPS) is 12.2. The van der Waals surface area contributed by atoms with E-state index in [1.807, 2.05) is 0 Å². The number of hydrogen-bond donors (Lipinski definition) is 3. The number of amides is 1. The molecule has 0 radical (unpaired) electrons. The SMILES string of the molecule is CC(NC(=O)c1cc(N)c(F)cc1F)c1cn[nH]c1. The Morgan fingerprint density at radius 2 is 2.16 bits per heavy atom. The van der Waals surface area contributed by atoms with Gasteiger partial charge in [0.2, 0.25) is 0 Å². The number of nitrogens with one attached hydrogen (secondary N) is 2. The number of halogens is 2. The highest BCUT2D eigenvalue weighted by atomic mass is 19.1. The van der Waals surface area contributed by atoms with E-state index in [-0.39, 0.29) is 17.3 Å². The molecule has 2 aromatic rings. The molecule has 1 heterocycles. The molecular formula is C12H12F2N4O. The average molecular weight is 266 g/mol. The smallest absolute Gasteiger partial charge is 0.254 e. The molecule has 0 bridgehead atoms. The zero-order valence-electron chi connectivity index (χ0n) is 10.1. The molecule has 0 aliphatic rings. The maximum atomic E-state index is 13.5. The molecule has 7 heteroatoms. The maximum Gasteiger partial charge on any atom is 0.254 e. The van der Waals surface area contributed by atoms with E-state index in [1.165, 1.54) is 0 Å². The standard InChI is InChI=1S/C12H12F2N4O/c1-6(7-4-16-17-5-7)18-12(19)8-2-11(15)10(14)3-9(8)13/h2-6H,15H2,1H3,(H,16,17)(H,18,19). The maximum absolute atomic E-state index is 13.5. The Bertz CT molecular complexity index is 598. The molecule has 1 aromatic heterocycles. The van der Waals surface area contributed by atoms with Crippen LogP contribution in [-0.4, -0.2) is 16.1 Å². The van der Waals surface area contributed by atoms with E-state index < -0.39 is 17.5 Å². The molecular weight excluding hydrogens is 254 g/mol. The molecule has 0 aliphatic carbocycles. The summed E-state index contributed by atoms with van der Waals surface area (Å²) in [6, 6.07) is 1.20. The molecule has 4 N–H and O–H groups in total. The van der Waals surface area contributed by atoms with Gasteiger partial charge in [0.1, 0.15) is 11.6 Å². The van der Waals surface area contributed by atoms with E-state index in [0.29, 0.717) is 6.07 Å². The number of H-pyrrole nitrogens is 1. The lowest BCUT2D eigenvalue weighted by atomic mass is 10.1. The van der Waals surface area contributed by atoms with Crippen molar-refractivity contribution in [2.24, 2.45) is 0 Å². The monoisotopic (exact) mass is 266 g/mol. The van der Waals surface area contributed by atoms with E-state index in [1.54, 1.807) is 19.3 Å². The number of rotatable bonds is 3. The third-order valence-corrected chi connectivity index (χ3v) is 2.70. The number of nitrogen functional groups attached to an aromatic ring is 1. The van der Waals surface area contributed by atoms with Crippen molar-refractivity contribution in [2.75, 3.05) is 5.73 Å². The first-order valence-corrected chi connectivity index (χ1v) is 5.53. The van der Waals surface area contributed by atoms with Crippen LogP contribution in [0.3, 0.4) is 0 Å². The average Bonchev–Trinajstić information content (AvgIpc) is 2.87. The number of hydrogen-bond acceptors (Lipinski definition) is 3. The first-order valence-electron chi connectivity index (χ1n) is 5.53. The van der Waals surface area contributed by atoms with Gasteiger partial charge in [-0.15, -0.1) is 0 Å². The second-order valence-corrected chi connectivity index (χ2v) is 4.08. The molecule has 0 spiro atoms. The van der Waals surface area contributed by atoms with Gasteiger partial charge < -0.3 is 11.1 Å². The Morgan fingerprint density at radius 3 is 2.79 bits per heavy atom. The molecule has 5 nitrogen and oxygen atoms in total. The van der Waals surface area contributed by atoms with E-state index in [9.17, 15) is 13.6 Å². The minimum atomic E-state index is -0.955. The summed E-state index contributed by atoms with van der Waals surface area (Å²) in [5.74, 6) is -2.52. The molecule has 19 heavy (non-hydrogen) atoms. The summed E-state index contributed by atoms with van der Waals surface area (Å²) in [4.78, 5) is 11.9. The molecule has 2 rings (SSSR count). The van der Waals surface area contributed by atoms with Crippen LogP contribution in [0.15, 0.2) is 24.5 Å². The van der Waals surface area contributed by atoms with Gasteiger partial charge in [-0.2, -0.15) is 5.10 Å². The van der Waals surface area contributed by atoms with Crippen LogP contribution in [0.25, 0.3) is 0 Å². The van der Waals surface area contributed by atoms with Gasteiger partial charge in [0.05, 0.1) is 23.5 Å². The number of carbonyl (C=O) groups excluding carboxylic acids is 1. The topological polar surface area (TPSA) is 83.8 Å². The van der Waals surface area contributed by atoms with Gasteiger partial charge in [-0.3, -0.25) is 9.89 Å². The number of anilines is 1. The summed E-state index contributed by atoms with van der Waals surface area (Å²) in [5, 5.41) is 8.92. The zero-order chi connectivity index (χ0) is 14.0. The minimum absolute atomic E-state index is 0.275. The molecule has 0 aliphatic heterocycles. The fraction of sp³-hybridized carbons (Fsp3) is 0.167. The van der Waals surface area contributed by atoms with Crippen molar-refractivity contribution in [3.05, 3.63) is 47.3 Å². The Kier molecular flexibility index (Phi) is 3.46. The van der Waals surface area contributed by atoms with Crippen molar-refractivity contribution in [1.29, 1.82) is 0 Å². The molecule has 1 aromatic carbocycles. The molecule has 1 amide bonds. The Morgan fingerprint density at radius 1 is 1.42 bits per heavy atom. The number of benzene rings is 1. The van der Waals surface area contributed by atoms with Crippen LogP contribution in [-0.2, 0) is 0 Å². The molecule has 0 fully saturated rings. The largest absolute Gasteiger partial charge is 0.396 e. The second-order valence-electron chi connectivity index (χ2n) is 4.08. The summed E-state index contributed by atoms with van der Waals surface area (Å²) >= 11 is 0. The summed E-state index contributed by atoms with van der Waals surface area (Å²) in [6.07, 6.45) is 3.15. The predicted molar refractivity (Wildman–Crippen MR) is 65.2 cm³/mol. The Hall–Kier alpha value is -2.44. The summed E-state index contributed by atoms with van der Waals surface area (Å²) in [6.45, 7) is 1.72. The Balaban J connectivity index is 2.19. The van der Waals surface area contributed by atoms with Gasteiger partial charge in [-0.1, -0.05) is 0 Å². The highest BCUT2D eigenvalue weighted by Gasteiger charge is 2.17. The molecule has 0 saturated carbocycles. The van der Waals surface area contributed by atoms with Gasteiger partial charge in [-0.05, 0) is 13.0 Å². The molecule has 1 unspecified atom stereocenters. The van der Waals surface area contributed by atoms with Gasteiger partial charge in [-0.25, -0.2) is 8.78 Å². The van der Waals surface area contributed by atoms with Crippen LogP contribution in [0.4, 0.5) is 14.5 Å². The molecule has 0 saturated heterocycles. The van der Waals surface area contributed by atoms with E-state index in [0.717, 1.165) is 11.6 Å². The number of aromatic nitrogens is 2. The van der Waals surface area contributed by atoms with Gasteiger partial charge in [0.25, 0.3) is 5.91 Å². The lowest BCUT2D eigenvalue weighted by Gasteiger charge is -2.13. The third-order valence-electron chi connectivity index (χ3n) is 2.70. The number of nitrogens with two attached hydrogens (primary N) is 1. The third kappa shape index (κ3) is 2.70. The van der Waals surface area contributed by atoms with Crippen molar-refractivity contribution < 1.29 is 13.6 Å². The van der Waals surface area contributed by atoms with E-state index in [4.69, 9.17) is 5.73 Å². The van der Waals surface area contributed by atoms with Crippen molar-refractivity contribution in [2.45, 2.75) is 13.0 Å². The highest BCUT2D eigenvalue weighted by molar-refractivity contribution is 5.95. The van der Waals surface area contributed by atoms with Crippen molar-refractivity contribution in [3.63, 3.8) is 0 Å². The number of carbonyl (C=O) groups is 1. The van der Waals surface area contributed by atoms with Gasteiger partial charge >= 0.3 is 0 Å². The van der Waals surface area contributed by atoms with E-state index >= 15 is 0 Å². The predicted octanol–water partition coefficient (Wildman–Crippen LogP) is 1.76. The first-order chi connectivity index (χ1) is 8.99. The number of aromatic amines is 1. The van der Waals surface area contributed by atoms with Crippen LogP contribution in [0, 0.1) is 11.6 Å². The number of nitrogens with zero attached hydrogens (tertiary/aromatic N) is 1. The Labute approximate surface area is 107 Å². The zero-order valence-corrected chi connectivity index (χ0v) is 10.1. The quantitative estimate of drug-likeness (QED) is 0.740. The lowest BCUT2D eigenvalue weighted by molar-refractivity contribution is 0.0936. The second kappa shape index (κ2) is 5.05. The van der Waals surface area contributed by atoms with Crippen LogP contribution in [0.5, 0.6) is 0 Å². The fourth-order valence-corrected chi connectivity index (χ4v) is 1.60. The highest BCUT2D eigenvalue weighted by Crippen LogP contribution is 2.18. The van der Waals surface area contributed by atoms with Gasteiger partial charge in [0.15, 0.2) is 0 Å². The molecule has 1 atom stereocenters. The van der Waals surface area contributed by atoms with Crippen molar-refractivity contribution in [3.8, 4) is 0 Å². The van der Waals surface area contributed by atoms with Gasteiger partial charge in [0, 0.05) is 17.8 Å². The van der Waals surface area contributed by atoms with Crippen LogP contribution in [0.1, 0.15) is 28.9 Å². The summed E-state index contributed by atoms with van der Waals surface area (Å²) in [7, 11) is 0. The van der Waals surface area contributed by atoms with Crippen LogP contribution < -0.4 is 11.1 Å². The van der Waals surface area contributed by atoms with Crippen molar-refractivity contribution in [1.82, 2.24) is 15.5 Å². The van der Waals surface area contributed by atoms with E-state index in [2.05, 4.69) is 15.5 Å². The summed E-state index contributed by atoms with van der Waals surface area (Å²) in [5.41, 5.74) is 5.48. The fourth-order valence-electron chi connectivity index (χ4n) is 1.60. The lowest BCUT2D eigenvalue weighted by Crippen LogP contribution is -2.27. The summed E-state index contributed by atoms with van der Waals surface area (Å²) < 4.78 is 26.5. The van der Waals surface area contributed by atoms with Crippen LogP contribution in [0.2, 0.25) is 0 Å². The minimum Gasteiger partial charge on any atom is -0.396 e. The van der Waals surface area contributed by atoms with Crippen LogP contribution >= 0.6 is 0 Å². The molecule has 100 valence electrons.